The third-order valence-electron chi connectivity index (χ3n) is 2.28. The first-order valence-electron chi connectivity index (χ1n) is 4.46. The molecule has 0 aromatic heterocycles. The van der Waals surface area contributed by atoms with Gasteiger partial charge in [0, 0.05) is 12.5 Å². The number of hydrogen-bond donors (Lipinski definition) is 2. The van der Waals surface area contributed by atoms with Gasteiger partial charge in [-0.1, -0.05) is 13.8 Å². The molecule has 0 aromatic rings. The van der Waals surface area contributed by atoms with E-state index in [4.69, 9.17) is 5.11 Å². The fourth-order valence-electron chi connectivity index (χ4n) is 1.38. The van der Waals surface area contributed by atoms with Crippen LogP contribution < -0.4 is 5.32 Å². The molecule has 0 unspecified atom stereocenters. The van der Waals surface area contributed by atoms with Crippen LogP contribution in [-0.4, -0.2) is 22.5 Å². The summed E-state index contributed by atoms with van der Waals surface area (Å²) in [5.41, 5.74) is -0.572. The van der Waals surface area contributed by atoms with Crippen LogP contribution in [0.15, 0.2) is 0 Å². The number of rotatable bonds is 5. The maximum Gasteiger partial charge on any atom is 0.305 e. The Hall–Kier alpha value is -1.06. The topological polar surface area (TPSA) is 66.4 Å². The van der Waals surface area contributed by atoms with Gasteiger partial charge in [0.2, 0.25) is 5.91 Å². The minimum atomic E-state index is -0.877. The van der Waals surface area contributed by atoms with Crippen molar-refractivity contribution in [3.05, 3.63) is 0 Å². The predicted octanol–water partition coefficient (Wildman–Crippen LogP) is 1.16. The number of carbonyl (C=O) groups is 2. The SMILES string of the molecule is CCC(CC)(CC(=O)O)NC(C)=O. The summed E-state index contributed by atoms with van der Waals surface area (Å²) in [6.07, 6.45) is 1.25. The third-order valence-corrected chi connectivity index (χ3v) is 2.28. The Kier molecular flexibility index (Phi) is 4.45. The van der Waals surface area contributed by atoms with Crippen molar-refractivity contribution < 1.29 is 14.7 Å². The van der Waals surface area contributed by atoms with E-state index in [1.807, 2.05) is 13.8 Å². The van der Waals surface area contributed by atoms with Crippen LogP contribution in [0.25, 0.3) is 0 Å². The zero-order chi connectivity index (χ0) is 10.5. The lowest BCUT2D eigenvalue weighted by Crippen LogP contribution is -2.48. The summed E-state index contributed by atoms with van der Waals surface area (Å²) in [6.45, 7) is 5.16. The van der Waals surface area contributed by atoms with E-state index < -0.39 is 11.5 Å². The van der Waals surface area contributed by atoms with Crippen LogP contribution in [0, 0.1) is 0 Å². The molecule has 2 N–H and O–H groups in total. The van der Waals surface area contributed by atoms with Gasteiger partial charge < -0.3 is 10.4 Å². The van der Waals surface area contributed by atoms with Crippen LogP contribution in [0.1, 0.15) is 40.0 Å². The molecule has 4 nitrogen and oxygen atoms in total. The van der Waals surface area contributed by atoms with Gasteiger partial charge in [0.25, 0.3) is 0 Å². The molecule has 0 aromatic carbocycles. The van der Waals surface area contributed by atoms with Crippen LogP contribution in [0.3, 0.4) is 0 Å². The van der Waals surface area contributed by atoms with Crippen molar-refractivity contribution in [1.82, 2.24) is 5.32 Å². The van der Waals surface area contributed by atoms with E-state index in [2.05, 4.69) is 5.32 Å². The van der Waals surface area contributed by atoms with Gasteiger partial charge in [0.1, 0.15) is 0 Å². The first-order valence-corrected chi connectivity index (χ1v) is 4.46. The molecule has 0 aliphatic heterocycles. The molecular formula is C9H17NO3. The van der Waals surface area contributed by atoms with E-state index in [1.165, 1.54) is 6.92 Å². The highest BCUT2D eigenvalue weighted by atomic mass is 16.4. The van der Waals surface area contributed by atoms with Crippen molar-refractivity contribution in [2.75, 3.05) is 0 Å². The smallest absolute Gasteiger partial charge is 0.305 e. The Labute approximate surface area is 78.3 Å². The molecule has 76 valence electrons. The number of hydrogen-bond acceptors (Lipinski definition) is 2. The van der Waals surface area contributed by atoms with E-state index in [0.717, 1.165) is 0 Å². The van der Waals surface area contributed by atoms with Crippen molar-refractivity contribution in [2.45, 2.75) is 45.6 Å². The van der Waals surface area contributed by atoms with Gasteiger partial charge in [-0.2, -0.15) is 0 Å². The highest BCUT2D eigenvalue weighted by Gasteiger charge is 2.29. The molecule has 13 heavy (non-hydrogen) atoms. The molecule has 0 bridgehead atoms. The normalized spacial score (nSPS) is 11.0. The number of nitrogens with one attached hydrogen (secondary N) is 1. The quantitative estimate of drug-likeness (QED) is 0.678. The van der Waals surface area contributed by atoms with E-state index in [9.17, 15) is 9.59 Å². The maximum atomic E-state index is 10.9. The highest BCUT2D eigenvalue weighted by molar-refractivity contribution is 5.76. The van der Waals surface area contributed by atoms with E-state index in [0.29, 0.717) is 12.8 Å². The van der Waals surface area contributed by atoms with E-state index in [-0.39, 0.29) is 12.3 Å². The van der Waals surface area contributed by atoms with Gasteiger partial charge >= 0.3 is 5.97 Å². The molecule has 0 aliphatic carbocycles. The fourth-order valence-corrected chi connectivity index (χ4v) is 1.38. The number of carbonyl (C=O) groups excluding carboxylic acids is 1. The summed E-state index contributed by atoms with van der Waals surface area (Å²) >= 11 is 0. The average molecular weight is 187 g/mol. The minimum Gasteiger partial charge on any atom is -0.481 e. The van der Waals surface area contributed by atoms with Gasteiger partial charge in [-0.05, 0) is 12.8 Å². The Balaban J connectivity index is 4.48. The number of carboxylic acids is 1. The Morgan fingerprint density at radius 1 is 1.31 bits per heavy atom. The fraction of sp³-hybridized carbons (Fsp3) is 0.778. The number of carboxylic acid groups (broad SMARTS) is 1. The third kappa shape index (κ3) is 3.92. The molecule has 1 amide bonds. The van der Waals surface area contributed by atoms with Crippen molar-refractivity contribution in [1.29, 1.82) is 0 Å². The van der Waals surface area contributed by atoms with E-state index >= 15 is 0 Å². The summed E-state index contributed by atoms with van der Waals surface area (Å²) in [4.78, 5) is 21.4. The Morgan fingerprint density at radius 3 is 2.00 bits per heavy atom. The number of amides is 1. The molecule has 0 saturated heterocycles. The van der Waals surface area contributed by atoms with Gasteiger partial charge in [0.15, 0.2) is 0 Å². The molecular weight excluding hydrogens is 170 g/mol. The van der Waals surface area contributed by atoms with Gasteiger partial charge in [-0.25, -0.2) is 0 Å². The number of aliphatic carboxylic acids is 1. The van der Waals surface area contributed by atoms with Crippen LogP contribution in [0.5, 0.6) is 0 Å². The van der Waals surface area contributed by atoms with Crippen molar-refractivity contribution >= 4 is 11.9 Å². The van der Waals surface area contributed by atoms with Crippen molar-refractivity contribution in [3.8, 4) is 0 Å². The molecule has 0 rings (SSSR count). The molecule has 4 heteroatoms. The first-order chi connectivity index (χ1) is 5.95. The molecule has 0 saturated carbocycles. The maximum absolute atomic E-state index is 10.9. The summed E-state index contributed by atoms with van der Waals surface area (Å²) in [5.74, 6) is -1.05. The zero-order valence-electron chi connectivity index (χ0n) is 8.39. The zero-order valence-corrected chi connectivity index (χ0v) is 8.39. The second kappa shape index (κ2) is 4.84. The lowest BCUT2D eigenvalue weighted by atomic mass is 9.89. The van der Waals surface area contributed by atoms with Gasteiger partial charge in [-0.15, -0.1) is 0 Å². The predicted molar refractivity (Wildman–Crippen MR) is 49.4 cm³/mol. The van der Waals surface area contributed by atoms with Crippen molar-refractivity contribution in [2.24, 2.45) is 0 Å². The largest absolute Gasteiger partial charge is 0.481 e. The second-order valence-corrected chi connectivity index (χ2v) is 3.24. The summed E-state index contributed by atoms with van der Waals surface area (Å²) in [5, 5.41) is 11.4. The standard InChI is InChI=1S/C9H17NO3/c1-4-9(5-2,6-8(12)13)10-7(3)11/h4-6H2,1-3H3,(H,10,11)(H,12,13). The molecule has 0 radical (unpaired) electrons. The summed E-state index contributed by atoms with van der Waals surface area (Å²) < 4.78 is 0. The van der Waals surface area contributed by atoms with Gasteiger partial charge in [-0.3, -0.25) is 9.59 Å². The summed E-state index contributed by atoms with van der Waals surface area (Å²) in [6, 6.07) is 0. The average Bonchev–Trinajstić information content (AvgIpc) is 2.01. The van der Waals surface area contributed by atoms with Gasteiger partial charge in [0.05, 0.1) is 6.42 Å². The molecule has 0 heterocycles. The monoisotopic (exact) mass is 187 g/mol. The van der Waals surface area contributed by atoms with Crippen LogP contribution in [0.2, 0.25) is 0 Å². The first kappa shape index (κ1) is 11.9. The minimum absolute atomic E-state index is 0.0143. The van der Waals surface area contributed by atoms with Crippen LogP contribution in [0.4, 0.5) is 0 Å². The highest BCUT2D eigenvalue weighted by Crippen LogP contribution is 2.19. The van der Waals surface area contributed by atoms with Crippen molar-refractivity contribution in [3.63, 3.8) is 0 Å². The van der Waals surface area contributed by atoms with Crippen LogP contribution in [-0.2, 0) is 9.59 Å². The molecule has 0 spiro atoms. The molecule has 0 fully saturated rings. The lowest BCUT2D eigenvalue weighted by Gasteiger charge is -2.30. The molecule has 0 atom stereocenters. The Morgan fingerprint density at radius 2 is 1.77 bits per heavy atom. The Bertz CT molecular complexity index is 179. The summed E-state index contributed by atoms with van der Waals surface area (Å²) in [7, 11) is 0. The second-order valence-electron chi connectivity index (χ2n) is 3.24. The molecule has 0 aliphatic rings. The van der Waals surface area contributed by atoms with E-state index in [1.54, 1.807) is 0 Å². The van der Waals surface area contributed by atoms with Crippen LogP contribution >= 0.6 is 0 Å². The lowest BCUT2D eigenvalue weighted by molar-refractivity contribution is -0.139.